The summed E-state index contributed by atoms with van der Waals surface area (Å²) in [5.41, 5.74) is 0.625. The molecule has 3 nitrogen and oxygen atoms in total. The van der Waals surface area contributed by atoms with Crippen molar-refractivity contribution in [2.75, 3.05) is 18.9 Å². The van der Waals surface area contributed by atoms with Gasteiger partial charge in [-0.1, -0.05) is 11.8 Å². The van der Waals surface area contributed by atoms with Gasteiger partial charge in [-0.15, -0.1) is 0 Å². The number of carbonyl (C=O) groups is 1. The molecule has 0 fully saturated rings. The molecule has 2 aromatic carbocycles. The first-order valence-electron chi connectivity index (χ1n) is 7.76. The SMILES string of the molecule is CC(c1cc(F)ccc1F)N(C)CC(=O)Nc1ccc(SC(F)F)cc1. The smallest absolute Gasteiger partial charge is 0.288 e. The van der Waals surface area contributed by atoms with E-state index in [1.165, 1.54) is 24.3 Å². The average Bonchev–Trinajstić information content (AvgIpc) is 2.57. The molecule has 0 bridgehead atoms. The number of likely N-dealkylation sites (N-methyl/N-ethyl adjacent to an activating group) is 1. The molecule has 0 saturated carbocycles. The Morgan fingerprint density at radius 1 is 1.15 bits per heavy atom. The third-order valence-electron chi connectivity index (χ3n) is 3.83. The molecule has 1 amide bonds. The van der Waals surface area contributed by atoms with Crippen molar-refractivity contribution < 1.29 is 22.4 Å². The summed E-state index contributed by atoms with van der Waals surface area (Å²) in [6.45, 7) is 1.62. The minimum absolute atomic E-state index is 0.0509. The van der Waals surface area contributed by atoms with E-state index in [1.807, 2.05) is 0 Å². The number of amides is 1. The minimum Gasteiger partial charge on any atom is -0.325 e. The van der Waals surface area contributed by atoms with Gasteiger partial charge in [-0.05, 0) is 56.4 Å². The van der Waals surface area contributed by atoms with Crippen LogP contribution in [0.1, 0.15) is 18.5 Å². The van der Waals surface area contributed by atoms with Crippen molar-refractivity contribution in [3.05, 3.63) is 59.7 Å². The molecule has 2 rings (SSSR count). The molecule has 0 aromatic heterocycles. The number of nitrogens with zero attached hydrogens (tertiary/aromatic N) is 1. The maximum Gasteiger partial charge on any atom is 0.288 e. The molecule has 1 unspecified atom stereocenters. The number of thioether (sulfide) groups is 1. The minimum atomic E-state index is -2.51. The van der Waals surface area contributed by atoms with Gasteiger partial charge in [-0.2, -0.15) is 8.78 Å². The molecule has 0 saturated heterocycles. The fourth-order valence-electron chi connectivity index (χ4n) is 2.36. The summed E-state index contributed by atoms with van der Waals surface area (Å²) < 4.78 is 51.7. The highest BCUT2D eigenvalue weighted by atomic mass is 32.2. The Balaban J connectivity index is 1.95. The number of alkyl halides is 2. The van der Waals surface area contributed by atoms with Crippen LogP contribution in [-0.2, 0) is 4.79 Å². The number of carbonyl (C=O) groups excluding carboxylic acids is 1. The fourth-order valence-corrected chi connectivity index (χ4v) is 2.85. The molecular formula is C18H18F4N2OS. The van der Waals surface area contributed by atoms with Gasteiger partial charge in [0.05, 0.1) is 6.54 Å². The van der Waals surface area contributed by atoms with Gasteiger partial charge in [0.25, 0.3) is 5.76 Å². The van der Waals surface area contributed by atoms with E-state index < -0.39 is 23.4 Å². The molecule has 26 heavy (non-hydrogen) atoms. The van der Waals surface area contributed by atoms with Crippen molar-refractivity contribution in [2.24, 2.45) is 0 Å². The van der Waals surface area contributed by atoms with Gasteiger partial charge in [-0.3, -0.25) is 9.69 Å². The largest absolute Gasteiger partial charge is 0.325 e. The molecule has 0 heterocycles. The molecule has 0 spiro atoms. The van der Waals surface area contributed by atoms with Crippen molar-refractivity contribution in [2.45, 2.75) is 23.6 Å². The first-order valence-corrected chi connectivity index (χ1v) is 8.64. The summed E-state index contributed by atoms with van der Waals surface area (Å²) in [7, 11) is 1.62. The average molecular weight is 386 g/mol. The van der Waals surface area contributed by atoms with E-state index in [9.17, 15) is 22.4 Å². The van der Waals surface area contributed by atoms with E-state index in [2.05, 4.69) is 5.32 Å². The predicted octanol–water partition coefficient (Wildman–Crippen LogP) is 4.91. The second-order valence-corrected chi connectivity index (χ2v) is 6.77. The lowest BCUT2D eigenvalue weighted by atomic mass is 10.1. The molecule has 8 heteroatoms. The van der Waals surface area contributed by atoms with Crippen molar-refractivity contribution in [3.8, 4) is 0 Å². The van der Waals surface area contributed by atoms with Crippen LogP contribution in [0, 0.1) is 11.6 Å². The van der Waals surface area contributed by atoms with Gasteiger partial charge < -0.3 is 5.32 Å². The number of halogens is 4. The Morgan fingerprint density at radius 3 is 2.42 bits per heavy atom. The van der Waals surface area contributed by atoms with Crippen LogP contribution in [0.2, 0.25) is 0 Å². The molecule has 0 radical (unpaired) electrons. The lowest BCUT2D eigenvalue weighted by molar-refractivity contribution is -0.117. The Kier molecular flexibility index (Phi) is 7.05. The predicted molar refractivity (Wildman–Crippen MR) is 94.3 cm³/mol. The second kappa shape index (κ2) is 9.05. The van der Waals surface area contributed by atoms with E-state index >= 15 is 0 Å². The Morgan fingerprint density at radius 2 is 1.81 bits per heavy atom. The molecule has 0 aliphatic heterocycles. The highest BCUT2D eigenvalue weighted by Crippen LogP contribution is 2.26. The van der Waals surface area contributed by atoms with Gasteiger partial charge >= 0.3 is 0 Å². The first-order chi connectivity index (χ1) is 12.3. The lowest BCUT2D eigenvalue weighted by Crippen LogP contribution is -2.32. The van der Waals surface area contributed by atoms with Crippen molar-refractivity contribution in [1.29, 1.82) is 0 Å². The highest BCUT2D eigenvalue weighted by molar-refractivity contribution is 7.99. The number of anilines is 1. The van der Waals surface area contributed by atoms with E-state index in [-0.39, 0.29) is 18.0 Å². The summed E-state index contributed by atoms with van der Waals surface area (Å²) in [4.78, 5) is 14.1. The maximum absolute atomic E-state index is 13.8. The number of benzene rings is 2. The quantitative estimate of drug-likeness (QED) is 0.542. The molecule has 1 N–H and O–H groups in total. The standard InChI is InChI=1S/C18H18F4N2OS/c1-11(15-9-12(19)3-8-16(15)20)24(2)10-17(25)23-13-4-6-14(7-5-13)26-18(21)22/h3-9,11,18H,10H2,1-2H3,(H,23,25). The van der Waals surface area contributed by atoms with Crippen LogP contribution >= 0.6 is 11.8 Å². The lowest BCUT2D eigenvalue weighted by Gasteiger charge is -2.25. The third kappa shape index (κ3) is 5.74. The Hall–Kier alpha value is -2.06. The Labute approximate surface area is 153 Å². The van der Waals surface area contributed by atoms with E-state index in [0.29, 0.717) is 22.3 Å². The van der Waals surface area contributed by atoms with Gasteiger partial charge in [0.15, 0.2) is 0 Å². The van der Waals surface area contributed by atoms with Gasteiger partial charge in [0, 0.05) is 22.2 Å². The summed E-state index contributed by atoms with van der Waals surface area (Å²) in [5.74, 6) is -3.95. The first kappa shape index (κ1) is 20.3. The summed E-state index contributed by atoms with van der Waals surface area (Å²) in [5, 5.41) is 2.64. The zero-order valence-corrected chi connectivity index (χ0v) is 15.0. The normalized spacial score (nSPS) is 12.5. The number of hydrogen-bond donors (Lipinski definition) is 1. The van der Waals surface area contributed by atoms with Crippen LogP contribution in [0.25, 0.3) is 0 Å². The highest BCUT2D eigenvalue weighted by Gasteiger charge is 2.19. The van der Waals surface area contributed by atoms with Crippen molar-refractivity contribution in [1.82, 2.24) is 4.90 Å². The monoisotopic (exact) mass is 386 g/mol. The van der Waals surface area contributed by atoms with Crippen molar-refractivity contribution >= 4 is 23.4 Å². The van der Waals surface area contributed by atoms with Crippen LogP contribution in [0.5, 0.6) is 0 Å². The molecule has 0 aliphatic carbocycles. The summed E-state index contributed by atoms with van der Waals surface area (Å²) in [6.07, 6.45) is 0. The summed E-state index contributed by atoms with van der Waals surface area (Å²) >= 11 is 0.420. The van der Waals surface area contributed by atoms with Crippen LogP contribution in [-0.4, -0.2) is 30.2 Å². The van der Waals surface area contributed by atoms with Crippen molar-refractivity contribution in [3.63, 3.8) is 0 Å². The summed E-state index contributed by atoms with van der Waals surface area (Å²) in [6, 6.07) is 8.70. The molecule has 2 aromatic rings. The second-order valence-electron chi connectivity index (χ2n) is 5.71. The number of hydrogen-bond acceptors (Lipinski definition) is 3. The number of nitrogens with one attached hydrogen (secondary N) is 1. The fraction of sp³-hybridized carbons (Fsp3) is 0.278. The van der Waals surface area contributed by atoms with E-state index in [4.69, 9.17) is 0 Å². The topological polar surface area (TPSA) is 32.3 Å². The van der Waals surface area contributed by atoms with E-state index in [1.54, 1.807) is 18.9 Å². The van der Waals surface area contributed by atoms with Crippen LogP contribution in [0.3, 0.4) is 0 Å². The third-order valence-corrected chi connectivity index (χ3v) is 4.55. The zero-order valence-electron chi connectivity index (χ0n) is 14.2. The number of rotatable bonds is 7. The zero-order chi connectivity index (χ0) is 19.3. The van der Waals surface area contributed by atoms with Crippen LogP contribution in [0.4, 0.5) is 23.2 Å². The van der Waals surface area contributed by atoms with Crippen LogP contribution < -0.4 is 5.32 Å². The maximum atomic E-state index is 13.8. The molecule has 1 atom stereocenters. The van der Waals surface area contributed by atoms with Gasteiger partial charge in [0.1, 0.15) is 11.6 Å². The molecule has 140 valence electrons. The molecule has 0 aliphatic rings. The Bertz CT molecular complexity index is 755. The van der Waals surface area contributed by atoms with Crippen LogP contribution in [0.15, 0.2) is 47.4 Å². The van der Waals surface area contributed by atoms with E-state index in [0.717, 1.165) is 18.2 Å². The van der Waals surface area contributed by atoms with Gasteiger partial charge in [-0.25, -0.2) is 8.78 Å². The van der Waals surface area contributed by atoms with Gasteiger partial charge in [0.2, 0.25) is 5.91 Å². The molecular weight excluding hydrogens is 368 g/mol.